The summed E-state index contributed by atoms with van der Waals surface area (Å²) in [7, 11) is 0. The van der Waals surface area contributed by atoms with Gasteiger partial charge in [0, 0.05) is 16.5 Å². The summed E-state index contributed by atoms with van der Waals surface area (Å²) in [5.41, 5.74) is 1.30. The van der Waals surface area contributed by atoms with E-state index >= 15 is 0 Å². The fraction of sp³-hybridized carbons (Fsp3) is 0.0769. The third kappa shape index (κ3) is 3.81. The van der Waals surface area contributed by atoms with Crippen LogP contribution >= 0.6 is 23.2 Å². The average molecular weight is 293 g/mol. The molecule has 5 heteroatoms. The van der Waals surface area contributed by atoms with Crippen LogP contribution in [-0.4, -0.2) is 39.8 Å². The molecule has 0 spiro atoms. The Kier molecular flexibility index (Phi) is 5.83. The minimum atomic E-state index is 0. The number of hydrogen-bond acceptors (Lipinski definition) is 2. The first kappa shape index (κ1) is 15.7. The van der Waals surface area contributed by atoms with Gasteiger partial charge in [0.05, 0.1) is 0 Å². The molecule has 2 aromatic rings. The molecule has 2 rings (SSSR count). The Balaban J connectivity index is 0.00000162. The fourth-order valence-electron chi connectivity index (χ4n) is 1.60. The van der Waals surface area contributed by atoms with E-state index in [1.54, 1.807) is 24.3 Å². The molecule has 0 saturated carbocycles. The van der Waals surface area contributed by atoms with Gasteiger partial charge >= 0.3 is 29.6 Å². The van der Waals surface area contributed by atoms with Gasteiger partial charge in [0.2, 0.25) is 0 Å². The SMILES string of the molecule is Oc1ccc(Cl)cc1Cc1cc(Cl)ccc1O.[NaH]. The number of halogens is 2. The summed E-state index contributed by atoms with van der Waals surface area (Å²) >= 11 is 11.7. The van der Waals surface area contributed by atoms with Crippen LogP contribution in [0.25, 0.3) is 0 Å². The van der Waals surface area contributed by atoms with Crippen molar-refractivity contribution in [3.8, 4) is 11.5 Å². The van der Waals surface area contributed by atoms with E-state index in [1.165, 1.54) is 12.1 Å². The Hall–Kier alpha value is -0.380. The van der Waals surface area contributed by atoms with Gasteiger partial charge in [-0.1, -0.05) is 23.2 Å². The zero-order valence-electron chi connectivity index (χ0n) is 8.82. The maximum atomic E-state index is 9.68. The third-order valence-electron chi connectivity index (χ3n) is 2.46. The first-order chi connectivity index (χ1) is 8.06. The van der Waals surface area contributed by atoms with Gasteiger partial charge in [-0.15, -0.1) is 0 Å². The number of phenols is 2. The van der Waals surface area contributed by atoms with Gasteiger partial charge in [-0.2, -0.15) is 0 Å². The molecular formula is C13H11Cl2NaO2. The molecule has 90 valence electrons. The minimum absolute atomic E-state index is 0. The van der Waals surface area contributed by atoms with Crippen molar-refractivity contribution in [2.24, 2.45) is 0 Å². The van der Waals surface area contributed by atoms with Crippen molar-refractivity contribution in [3.05, 3.63) is 57.6 Å². The summed E-state index contributed by atoms with van der Waals surface area (Å²) < 4.78 is 0. The molecule has 18 heavy (non-hydrogen) atoms. The molecule has 0 amide bonds. The monoisotopic (exact) mass is 292 g/mol. The van der Waals surface area contributed by atoms with Crippen LogP contribution in [0.2, 0.25) is 10.0 Å². The first-order valence-electron chi connectivity index (χ1n) is 5.01. The van der Waals surface area contributed by atoms with Crippen molar-refractivity contribution >= 4 is 52.8 Å². The number of rotatable bonds is 2. The molecule has 0 aliphatic rings. The number of benzene rings is 2. The Morgan fingerprint density at radius 1 is 0.778 bits per heavy atom. The van der Waals surface area contributed by atoms with Gasteiger partial charge in [0.15, 0.2) is 0 Å². The summed E-state index contributed by atoms with van der Waals surface area (Å²) in [6, 6.07) is 9.60. The summed E-state index contributed by atoms with van der Waals surface area (Å²) in [6.45, 7) is 0. The van der Waals surface area contributed by atoms with E-state index in [-0.39, 0.29) is 41.1 Å². The van der Waals surface area contributed by atoms with E-state index < -0.39 is 0 Å². The standard InChI is InChI=1S/C13H10Cl2O2.Na.H/c14-10-1-3-12(16)8(6-10)5-9-7-11(15)2-4-13(9)17;;/h1-4,6-7,16-17H,5H2;;. The molecular weight excluding hydrogens is 282 g/mol. The van der Waals surface area contributed by atoms with E-state index in [1.807, 2.05) is 0 Å². The summed E-state index contributed by atoms with van der Waals surface area (Å²) in [5.74, 6) is 0.294. The van der Waals surface area contributed by atoms with Crippen molar-refractivity contribution in [2.75, 3.05) is 0 Å². The first-order valence-corrected chi connectivity index (χ1v) is 5.76. The van der Waals surface area contributed by atoms with E-state index in [4.69, 9.17) is 23.2 Å². The zero-order chi connectivity index (χ0) is 12.4. The van der Waals surface area contributed by atoms with Crippen LogP contribution in [0.5, 0.6) is 11.5 Å². The molecule has 0 bridgehead atoms. The normalized spacial score (nSPS) is 9.89. The molecule has 2 aromatic carbocycles. The van der Waals surface area contributed by atoms with E-state index in [2.05, 4.69) is 0 Å². The van der Waals surface area contributed by atoms with Gasteiger partial charge in [-0.05, 0) is 47.5 Å². The fourth-order valence-corrected chi connectivity index (χ4v) is 1.99. The Morgan fingerprint density at radius 2 is 1.17 bits per heavy atom. The number of aromatic hydroxyl groups is 2. The second-order valence-corrected chi connectivity index (χ2v) is 4.60. The number of phenolic OH excluding ortho intramolecular Hbond substituents is 2. The molecule has 0 aliphatic heterocycles. The van der Waals surface area contributed by atoms with Crippen LogP contribution < -0.4 is 0 Å². The third-order valence-corrected chi connectivity index (χ3v) is 2.93. The van der Waals surface area contributed by atoms with Crippen molar-refractivity contribution in [3.63, 3.8) is 0 Å². The second kappa shape index (κ2) is 6.69. The molecule has 0 fully saturated rings. The molecule has 0 unspecified atom stereocenters. The Morgan fingerprint density at radius 3 is 1.56 bits per heavy atom. The van der Waals surface area contributed by atoms with Gasteiger partial charge in [0.1, 0.15) is 11.5 Å². The maximum absolute atomic E-state index is 9.68. The summed E-state index contributed by atoms with van der Waals surface area (Å²) in [5, 5.41) is 20.4. The van der Waals surface area contributed by atoms with Gasteiger partial charge in [-0.25, -0.2) is 0 Å². The Labute approximate surface area is 137 Å². The van der Waals surface area contributed by atoms with Gasteiger partial charge in [-0.3, -0.25) is 0 Å². The quantitative estimate of drug-likeness (QED) is 0.834. The average Bonchev–Trinajstić information content (AvgIpc) is 2.28. The van der Waals surface area contributed by atoms with Gasteiger partial charge in [0.25, 0.3) is 0 Å². The molecule has 2 N–H and O–H groups in total. The summed E-state index contributed by atoms with van der Waals surface area (Å²) in [4.78, 5) is 0. The van der Waals surface area contributed by atoms with Crippen LogP contribution in [0.4, 0.5) is 0 Å². The van der Waals surface area contributed by atoms with Crippen LogP contribution in [0.1, 0.15) is 11.1 Å². The Bertz CT molecular complexity index is 509. The van der Waals surface area contributed by atoms with Crippen LogP contribution in [0.15, 0.2) is 36.4 Å². The van der Waals surface area contributed by atoms with E-state index in [0.717, 1.165) is 0 Å². The van der Waals surface area contributed by atoms with Crippen molar-refractivity contribution in [1.82, 2.24) is 0 Å². The van der Waals surface area contributed by atoms with E-state index in [0.29, 0.717) is 27.6 Å². The molecule has 2 nitrogen and oxygen atoms in total. The van der Waals surface area contributed by atoms with Crippen LogP contribution in [-0.2, 0) is 6.42 Å². The van der Waals surface area contributed by atoms with Gasteiger partial charge < -0.3 is 10.2 Å². The molecule has 0 aliphatic carbocycles. The second-order valence-electron chi connectivity index (χ2n) is 3.72. The van der Waals surface area contributed by atoms with Crippen LogP contribution in [0, 0.1) is 0 Å². The predicted molar refractivity (Wildman–Crippen MR) is 76.2 cm³/mol. The summed E-state index contributed by atoms with van der Waals surface area (Å²) in [6.07, 6.45) is 0.374. The van der Waals surface area contributed by atoms with Crippen molar-refractivity contribution in [2.45, 2.75) is 6.42 Å². The molecule has 0 heterocycles. The predicted octanol–water partition coefficient (Wildman–Crippen LogP) is 3.35. The molecule has 0 radical (unpaired) electrons. The van der Waals surface area contributed by atoms with Crippen LogP contribution in [0.3, 0.4) is 0 Å². The van der Waals surface area contributed by atoms with E-state index in [9.17, 15) is 10.2 Å². The topological polar surface area (TPSA) is 40.5 Å². The number of hydrogen-bond donors (Lipinski definition) is 2. The molecule has 0 atom stereocenters. The molecule has 0 saturated heterocycles. The molecule has 0 aromatic heterocycles. The van der Waals surface area contributed by atoms with Crippen molar-refractivity contribution in [1.29, 1.82) is 0 Å². The van der Waals surface area contributed by atoms with Crippen molar-refractivity contribution < 1.29 is 10.2 Å². The zero-order valence-corrected chi connectivity index (χ0v) is 10.3.